The van der Waals surface area contributed by atoms with E-state index in [1.807, 2.05) is 11.4 Å². The Labute approximate surface area is 105 Å². The van der Waals surface area contributed by atoms with Crippen LogP contribution in [0.2, 0.25) is 0 Å². The highest BCUT2D eigenvalue weighted by Crippen LogP contribution is 2.31. The average Bonchev–Trinajstić information content (AvgIpc) is 2.86. The minimum atomic E-state index is -0.645. The summed E-state index contributed by atoms with van der Waals surface area (Å²) >= 11 is 1.41. The van der Waals surface area contributed by atoms with Crippen LogP contribution in [0.1, 0.15) is 42.3 Å². The number of carbonyl (C=O) groups excluding carboxylic acids is 1. The van der Waals surface area contributed by atoms with Crippen LogP contribution >= 0.6 is 11.3 Å². The van der Waals surface area contributed by atoms with Gasteiger partial charge in [0.15, 0.2) is 0 Å². The molecule has 1 amide bonds. The average molecular weight is 248 g/mol. The molecule has 1 saturated carbocycles. The van der Waals surface area contributed by atoms with E-state index in [0.29, 0.717) is 10.8 Å². The molecule has 1 aromatic heterocycles. The first kappa shape index (κ1) is 12.1. The predicted molar refractivity (Wildman–Crippen MR) is 67.8 cm³/mol. The maximum absolute atomic E-state index is 12.0. The summed E-state index contributed by atoms with van der Waals surface area (Å²) in [5.41, 5.74) is -0.645. The maximum Gasteiger partial charge on any atom is 0.262 e. The van der Waals surface area contributed by atoms with E-state index in [4.69, 9.17) is 0 Å². The number of nitriles is 1. The first-order chi connectivity index (χ1) is 8.15. The standard InChI is InChI=1S/C13H16N2OS/c1-10-4-6-13(9-14,7-5-10)15-12(16)11-3-2-8-17-11/h2-3,8,10H,4-7H2,1H3,(H,15,16). The van der Waals surface area contributed by atoms with E-state index in [9.17, 15) is 10.1 Å². The van der Waals surface area contributed by atoms with Crippen molar-refractivity contribution >= 4 is 17.2 Å². The molecule has 0 unspecified atom stereocenters. The van der Waals surface area contributed by atoms with E-state index in [0.717, 1.165) is 25.7 Å². The van der Waals surface area contributed by atoms with Gasteiger partial charge in [-0.15, -0.1) is 11.3 Å². The third-order valence-electron chi connectivity index (χ3n) is 3.44. The van der Waals surface area contributed by atoms with Gasteiger partial charge in [-0.3, -0.25) is 4.79 Å². The van der Waals surface area contributed by atoms with Crippen molar-refractivity contribution in [1.82, 2.24) is 5.32 Å². The molecular formula is C13H16N2OS. The quantitative estimate of drug-likeness (QED) is 0.874. The van der Waals surface area contributed by atoms with Gasteiger partial charge in [0.25, 0.3) is 5.91 Å². The van der Waals surface area contributed by atoms with Gasteiger partial charge in [0.1, 0.15) is 5.54 Å². The van der Waals surface area contributed by atoms with Crippen LogP contribution in [0.15, 0.2) is 17.5 Å². The minimum Gasteiger partial charge on any atom is -0.333 e. The number of hydrogen-bond acceptors (Lipinski definition) is 3. The van der Waals surface area contributed by atoms with Gasteiger partial charge >= 0.3 is 0 Å². The highest BCUT2D eigenvalue weighted by atomic mass is 32.1. The Hall–Kier alpha value is -1.34. The topological polar surface area (TPSA) is 52.9 Å². The van der Waals surface area contributed by atoms with Crippen LogP contribution in [0.3, 0.4) is 0 Å². The number of hydrogen-bond donors (Lipinski definition) is 1. The van der Waals surface area contributed by atoms with Crippen LogP contribution < -0.4 is 5.32 Å². The van der Waals surface area contributed by atoms with E-state index >= 15 is 0 Å². The zero-order valence-corrected chi connectivity index (χ0v) is 10.7. The number of rotatable bonds is 2. The lowest BCUT2D eigenvalue weighted by molar-refractivity contribution is 0.0898. The van der Waals surface area contributed by atoms with Gasteiger partial charge in [0.2, 0.25) is 0 Å². The monoisotopic (exact) mass is 248 g/mol. The SMILES string of the molecule is CC1CCC(C#N)(NC(=O)c2cccs2)CC1. The molecule has 1 N–H and O–H groups in total. The first-order valence-electron chi connectivity index (χ1n) is 5.92. The fraction of sp³-hybridized carbons (Fsp3) is 0.538. The summed E-state index contributed by atoms with van der Waals surface area (Å²) in [4.78, 5) is 12.6. The van der Waals surface area contributed by atoms with Crippen molar-refractivity contribution in [3.8, 4) is 6.07 Å². The molecule has 1 fully saturated rings. The predicted octanol–water partition coefficient (Wildman–Crippen LogP) is 2.95. The minimum absolute atomic E-state index is 0.115. The van der Waals surface area contributed by atoms with Gasteiger partial charge in [0.05, 0.1) is 10.9 Å². The van der Waals surface area contributed by atoms with Crippen LogP contribution in [-0.4, -0.2) is 11.4 Å². The molecule has 1 heterocycles. The Morgan fingerprint density at radius 2 is 2.29 bits per heavy atom. The smallest absolute Gasteiger partial charge is 0.262 e. The molecule has 17 heavy (non-hydrogen) atoms. The molecular weight excluding hydrogens is 232 g/mol. The Morgan fingerprint density at radius 1 is 1.59 bits per heavy atom. The van der Waals surface area contributed by atoms with Crippen molar-refractivity contribution in [3.05, 3.63) is 22.4 Å². The number of nitrogens with zero attached hydrogens (tertiary/aromatic N) is 1. The summed E-state index contributed by atoms with van der Waals surface area (Å²) in [7, 11) is 0. The Bertz CT molecular complexity index is 425. The summed E-state index contributed by atoms with van der Waals surface area (Å²) in [5, 5.41) is 14.1. The van der Waals surface area contributed by atoms with Gasteiger partial charge in [-0.1, -0.05) is 13.0 Å². The van der Waals surface area contributed by atoms with Gasteiger partial charge in [-0.2, -0.15) is 5.26 Å². The van der Waals surface area contributed by atoms with Gasteiger partial charge in [-0.25, -0.2) is 0 Å². The molecule has 2 rings (SSSR count). The maximum atomic E-state index is 12.0. The van der Waals surface area contributed by atoms with E-state index in [1.54, 1.807) is 6.07 Å². The van der Waals surface area contributed by atoms with Crippen LogP contribution in [0, 0.1) is 17.2 Å². The van der Waals surface area contributed by atoms with E-state index < -0.39 is 5.54 Å². The normalized spacial score (nSPS) is 28.4. The molecule has 4 heteroatoms. The zero-order valence-electron chi connectivity index (χ0n) is 9.90. The third kappa shape index (κ3) is 2.67. The highest BCUT2D eigenvalue weighted by molar-refractivity contribution is 7.12. The first-order valence-corrected chi connectivity index (χ1v) is 6.80. The largest absolute Gasteiger partial charge is 0.333 e. The lowest BCUT2D eigenvalue weighted by Crippen LogP contribution is -2.49. The van der Waals surface area contributed by atoms with E-state index in [1.165, 1.54) is 11.3 Å². The van der Waals surface area contributed by atoms with Gasteiger partial charge < -0.3 is 5.32 Å². The van der Waals surface area contributed by atoms with E-state index in [-0.39, 0.29) is 5.91 Å². The summed E-state index contributed by atoms with van der Waals surface area (Å²) in [6.45, 7) is 2.20. The summed E-state index contributed by atoms with van der Waals surface area (Å²) in [5.74, 6) is 0.547. The molecule has 0 atom stereocenters. The summed E-state index contributed by atoms with van der Waals surface area (Å²) < 4.78 is 0. The van der Waals surface area contributed by atoms with Crippen molar-refractivity contribution in [3.63, 3.8) is 0 Å². The van der Waals surface area contributed by atoms with Gasteiger partial charge in [-0.05, 0) is 43.0 Å². The van der Waals surface area contributed by atoms with Crippen molar-refractivity contribution < 1.29 is 4.79 Å². The number of amides is 1. The second kappa shape index (κ2) is 4.89. The second-order valence-corrected chi connectivity index (χ2v) is 5.76. The van der Waals surface area contributed by atoms with Crippen LogP contribution in [0.4, 0.5) is 0 Å². The molecule has 0 saturated heterocycles. The van der Waals surface area contributed by atoms with Crippen molar-refractivity contribution in [1.29, 1.82) is 5.26 Å². The number of nitrogens with one attached hydrogen (secondary N) is 1. The van der Waals surface area contributed by atoms with Crippen LogP contribution in [0.5, 0.6) is 0 Å². The molecule has 3 nitrogen and oxygen atoms in total. The summed E-state index contributed by atoms with van der Waals surface area (Å²) in [6, 6.07) is 5.94. The van der Waals surface area contributed by atoms with Crippen molar-refractivity contribution in [2.75, 3.05) is 0 Å². The fourth-order valence-corrected chi connectivity index (χ4v) is 2.83. The lowest BCUT2D eigenvalue weighted by Gasteiger charge is -2.34. The van der Waals surface area contributed by atoms with Crippen molar-refractivity contribution in [2.24, 2.45) is 5.92 Å². The van der Waals surface area contributed by atoms with Gasteiger partial charge in [0, 0.05) is 0 Å². The zero-order chi connectivity index (χ0) is 12.3. The van der Waals surface area contributed by atoms with Crippen LogP contribution in [-0.2, 0) is 0 Å². The summed E-state index contributed by atoms with van der Waals surface area (Å²) in [6.07, 6.45) is 3.56. The number of carbonyl (C=O) groups is 1. The van der Waals surface area contributed by atoms with E-state index in [2.05, 4.69) is 18.3 Å². The fourth-order valence-electron chi connectivity index (χ4n) is 2.21. The second-order valence-electron chi connectivity index (χ2n) is 4.81. The molecule has 1 aliphatic carbocycles. The molecule has 0 radical (unpaired) electrons. The molecule has 0 spiro atoms. The molecule has 90 valence electrons. The molecule has 0 aromatic carbocycles. The Kier molecular flexibility index (Phi) is 3.49. The highest BCUT2D eigenvalue weighted by Gasteiger charge is 2.35. The Balaban J connectivity index is 2.06. The molecule has 1 aliphatic rings. The molecule has 0 aliphatic heterocycles. The number of thiophene rings is 1. The lowest BCUT2D eigenvalue weighted by atomic mass is 9.78. The molecule has 0 bridgehead atoms. The molecule has 1 aromatic rings. The van der Waals surface area contributed by atoms with Crippen molar-refractivity contribution in [2.45, 2.75) is 38.1 Å². The van der Waals surface area contributed by atoms with Crippen LogP contribution in [0.25, 0.3) is 0 Å². The third-order valence-corrected chi connectivity index (χ3v) is 4.31. The Morgan fingerprint density at radius 3 is 2.82 bits per heavy atom.